The van der Waals surface area contributed by atoms with E-state index in [1.165, 1.54) is 6.20 Å². The predicted octanol–water partition coefficient (Wildman–Crippen LogP) is 0.908. The molecule has 3 amide bonds. The third-order valence-electron chi connectivity index (χ3n) is 4.67. The molecule has 0 aliphatic carbocycles. The summed E-state index contributed by atoms with van der Waals surface area (Å²) in [5.41, 5.74) is 1.95. The Morgan fingerprint density at radius 1 is 1.48 bits per heavy atom. The van der Waals surface area contributed by atoms with E-state index in [0.717, 1.165) is 12.0 Å². The van der Waals surface area contributed by atoms with E-state index in [4.69, 9.17) is 4.42 Å². The number of nitrogens with one attached hydrogen (secondary N) is 2. The first-order valence-corrected chi connectivity index (χ1v) is 7.53. The van der Waals surface area contributed by atoms with E-state index >= 15 is 0 Å². The Hall–Kier alpha value is -2.77. The van der Waals surface area contributed by atoms with Crippen LogP contribution in [0.1, 0.15) is 16.8 Å². The number of piperidine rings is 1. The number of H-pyrrole nitrogens is 1. The van der Waals surface area contributed by atoms with Gasteiger partial charge in [0.2, 0.25) is 0 Å². The molecule has 8 heteroatoms. The van der Waals surface area contributed by atoms with Gasteiger partial charge in [0.1, 0.15) is 0 Å². The smallest absolute Gasteiger partial charge is 0.317 e. The van der Waals surface area contributed by atoms with Gasteiger partial charge in [0.05, 0.1) is 42.1 Å². The van der Waals surface area contributed by atoms with Crippen molar-refractivity contribution in [3.05, 3.63) is 30.4 Å². The van der Waals surface area contributed by atoms with Gasteiger partial charge < -0.3 is 19.5 Å². The maximum Gasteiger partial charge on any atom is 0.317 e. The van der Waals surface area contributed by atoms with Gasteiger partial charge in [0.15, 0.2) is 0 Å². The minimum atomic E-state index is -0.0859. The first-order chi connectivity index (χ1) is 11.1. The number of carbonyl (C=O) groups excluding carboxylic acids is 2. The number of likely N-dealkylation sites (tertiary alicyclic amines) is 1. The average Bonchev–Trinajstić information content (AvgIpc) is 3.27. The molecule has 0 aromatic carbocycles. The lowest BCUT2D eigenvalue weighted by Gasteiger charge is -2.35. The standard InChI is InChI=1S/C15H17N5O3/c1-19-12-2-4-20(7-11(12)17-15(19)22)14(21)10-6-16-18-13(10)9-3-5-23-8-9/h3,5-6,8,11-12H,2,4,7H2,1H3,(H,16,18)(H,17,22)/t11-,12+/m1/s1. The Bertz CT molecular complexity index is 738. The molecule has 0 spiro atoms. The minimum Gasteiger partial charge on any atom is -0.472 e. The van der Waals surface area contributed by atoms with E-state index in [2.05, 4.69) is 15.5 Å². The predicted molar refractivity (Wildman–Crippen MR) is 80.7 cm³/mol. The van der Waals surface area contributed by atoms with Gasteiger partial charge in [0, 0.05) is 25.7 Å². The molecule has 2 fully saturated rings. The largest absolute Gasteiger partial charge is 0.472 e. The molecule has 0 radical (unpaired) electrons. The van der Waals surface area contributed by atoms with Crippen LogP contribution in [0.5, 0.6) is 0 Å². The lowest BCUT2D eigenvalue weighted by Crippen LogP contribution is -2.52. The summed E-state index contributed by atoms with van der Waals surface area (Å²) in [7, 11) is 1.80. The molecule has 2 aliphatic heterocycles. The lowest BCUT2D eigenvalue weighted by atomic mass is 9.99. The Balaban J connectivity index is 1.55. The number of furan rings is 1. The summed E-state index contributed by atoms with van der Waals surface area (Å²) in [6.07, 6.45) is 5.43. The molecule has 4 heterocycles. The van der Waals surface area contributed by atoms with Gasteiger partial charge in [-0.15, -0.1) is 0 Å². The van der Waals surface area contributed by atoms with Gasteiger partial charge in [0.25, 0.3) is 5.91 Å². The Morgan fingerprint density at radius 3 is 3.13 bits per heavy atom. The van der Waals surface area contributed by atoms with Gasteiger partial charge in [-0.1, -0.05) is 0 Å². The highest BCUT2D eigenvalue weighted by Gasteiger charge is 2.42. The molecule has 2 aliphatic rings. The number of likely N-dealkylation sites (N-methyl/N-ethyl adjacent to an activating group) is 1. The fourth-order valence-electron chi connectivity index (χ4n) is 3.39. The second kappa shape index (κ2) is 5.15. The minimum absolute atomic E-state index is 0.0190. The number of rotatable bonds is 2. The van der Waals surface area contributed by atoms with Crippen LogP contribution in [0.25, 0.3) is 11.3 Å². The van der Waals surface area contributed by atoms with Crippen LogP contribution in [0.4, 0.5) is 4.79 Å². The molecule has 2 aromatic rings. The van der Waals surface area contributed by atoms with Crippen LogP contribution >= 0.6 is 0 Å². The summed E-state index contributed by atoms with van der Waals surface area (Å²) >= 11 is 0. The van der Waals surface area contributed by atoms with Crippen LogP contribution in [0.3, 0.4) is 0 Å². The SMILES string of the molecule is CN1C(=O)N[C@@H]2CN(C(=O)c3cn[nH]c3-c3ccoc3)CC[C@@H]21. The number of aromatic nitrogens is 2. The Kier molecular flexibility index (Phi) is 3.10. The maximum atomic E-state index is 12.8. The first-order valence-electron chi connectivity index (χ1n) is 7.53. The first kappa shape index (κ1) is 13.9. The molecule has 23 heavy (non-hydrogen) atoms. The number of hydrogen-bond donors (Lipinski definition) is 2. The molecule has 2 N–H and O–H groups in total. The molecular weight excluding hydrogens is 298 g/mol. The summed E-state index contributed by atoms with van der Waals surface area (Å²) in [6.45, 7) is 1.13. The second-order valence-electron chi connectivity index (χ2n) is 5.94. The number of fused-ring (bicyclic) bond motifs is 1. The third-order valence-corrected chi connectivity index (χ3v) is 4.67. The van der Waals surface area contributed by atoms with E-state index in [9.17, 15) is 9.59 Å². The maximum absolute atomic E-state index is 12.8. The fraction of sp³-hybridized carbons (Fsp3) is 0.400. The highest BCUT2D eigenvalue weighted by atomic mass is 16.3. The number of amides is 3. The molecule has 0 saturated carbocycles. The van der Waals surface area contributed by atoms with Crippen LogP contribution in [0.2, 0.25) is 0 Å². The molecule has 2 saturated heterocycles. The molecule has 0 unspecified atom stereocenters. The number of carbonyl (C=O) groups is 2. The van der Waals surface area contributed by atoms with E-state index in [1.807, 2.05) is 0 Å². The van der Waals surface area contributed by atoms with Gasteiger partial charge in [-0.05, 0) is 12.5 Å². The van der Waals surface area contributed by atoms with Crippen molar-refractivity contribution >= 4 is 11.9 Å². The summed E-state index contributed by atoms with van der Waals surface area (Å²) in [4.78, 5) is 28.1. The van der Waals surface area contributed by atoms with Crippen molar-refractivity contribution < 1.29 is 14.0 Å². The molecule has 8 nitrogen and oxygen atoms in total. The zero-order valence-electron chi connectivity index (χ0n) is 12.7. The lowest BCUT2D eigenvalue weighted by molar-refractivity contribution is 0.0667. The molecule has 120 valence electrons. The number of nitrogens with zero attached hydrogens (tertiary/aromatic N) is 3. The number of hydrogen-bond acceptors (Lipinski definition) is 4. The Morgan fingerprint density at radius 2 is 2.35 bits per heavy atom. The topological polar surface area (TPSA) is 94.5 Å². The zero-order valence-corrected chi connectivity index (χ0v) is 12.7. The van der Waals surface area contributed by atoms with Crippen LogP contribution in [-0.2, 0) is 0 Å². The average molecular weight is 315 g/mol. The summed E-state index contributed by atoms with van der Waals surface area (Å²) in [5, 5.41) is 9.78. The Labute approximate surface area is 132 Å². The van der Waals surface area contributed by atoms with Crippen molar-refractivity contribution in [3.63, 3.8) is 0 Å². The van der Waals surface area contributed by atoms with Crippen LogP contribution in [0, 0.1) is 0 Å². The van der Waals surface area contributed by atoms with E-state index in [1.54, 1.807) is 35.4 Å². The summed E-state index contributed by atoms with van der Waals surface area (Å²) in [5.74, 6) is -0.0859. The van der Waals surface area contributed by atoms with Gasteiger partial charge in [-0.3, -0.25) is 9.89 Å². The quantitative estimate of drug-likeness (QED) is 0.861. The normalized spacial score (nSPS) is 23.8. The second-order valence-corrected chi connectivity index (χ2v) is 5.94. The highest BCUT2D eigenvalue weighted by molar-refractivity contribution is 5.99. The van der Waals surface area contributed by atoms with Crippen molar-refractivity contribution in [1.82, 2.24) is 25.3 Å². The van der Waals surface area contributed by atoms with Crippen molar-refractivity contribution in [2.45, 2.75) is 18.5 Å². The number of aromatic amines is 1. The summed E-state index contributed by atoms with van der Waals surface area (Å²) < 4.78 is 5.07. The van der Waals surface area contributed by atoms with Gasteiger partial charge in [-0.2, -0.15) is 5.10 Å². The van der Waals surface area contributed by atoms with E-state index in [0.29, 0.717) is 24.3 Å². The van der Waals surface area contributed by atoms with Gasteiger partial charge >= 0.3 is 6.03 Å². The van der Waals surface area contributed by atoms with Crippen molar-refractivity contribution in [3.8, 4) is 11.3 Å². The van der Waals surface area contributed by atoms with Crippen LogP contribution in [-0.4, -0.2) is 64.2 Å². The molecule has 2 aromatic heterocycles. The highest BCUT2D eigenvalue weighted by Crippen LogP contribution is 2.26. The van der Waals surface area contributed by atoms with Crippen molar-refractivity contribution in [2.75, 3.05) is 20.1 Å². The van der Waals surface area contributed by atoms with Gasteiger partial charge in [-0.25, -0.2) is 4.79 Å². The van der Waals surface area contributed by atoms with Crippen molar-refractivity contribution in [2.24, 2.45) is 0 Å². The monoisotopic (exact) mass is 315 g/mol. The molecular formula is C15H17N5O3. The zero-order chi connectivity index (χ0) is 16.0. The molecule has 2 atom stereocenters. The third kappa shape index (κ3) is 2.18. The summed E-state index contributed by atoms with van der Waals surface area (Å²) in [6, 6.07) is 1.85. The fourth-order valence-corrected chi connectivity index (χ4v) is 3.39. The van der Waals surface area contributed by atoms with E-state index < -0.39 is 0 Å². The van der Waals surface area contributed by atoms with Crippen molar-refractivity contribution in [1.29, 1.82) is 0 Å². The number of urea groups is 1. The van der Waals surface area contributed by atoms with Crippen LogP contribution < -0.4 is 5.32 Å². The van der Waals surface area contributed by atoms with E-state index in [-0.39, 0.29) is 24.0 Å². The van der Waals surface area contributed by atoms with Crippen LogP contribution in [0.15, 0.2) is 29.2 Å². The molecule has 0 bridgehead atoms. The molecule has 4 rings (SSSR count).